The van der Waals surface area contributed by atoms with Gasteiger partial charge in [0.15, 0.2) is 0 Å². The maximum absolute atomic E-state index is 5.63. The molecule has 3 heteroatoms. The van der Waals surface area contributed by atoms with Crippen molar-refractivity contribution in [1.29, 1.82) is 0 Å². The van der Waals surface area contributed by atoms with Gasteiger partial charge in [0, 0.05) is 0 Å². The van der Waals surface area contributed by atoms with Crippen LogP contribution in [0.15, 0.2) is 63.7 Å². The molecule has 1 unspecified atom stereocenters. The summed E-state index contributed by atoms with van der Waals surface area (Å²) in [7, 11) is 0. The Morgan fingerprint density at radius 1 is 1.10 bits per heavy atom. The first-order valence-corrected chi connectivity index (χ1v) is 8.01. The SMILES string of the molecule is CCNC(Cc1ccc2ccccc2c1)c1occc1Br. The molecule has 0 bridgehead atoms. The zero-order valence-electron chi connectivity index (χ0n) is 12.0. The average molecular weight is 344 g/mol. The molecule has 0 saturated heterocycles. The van der Waals surface area contributed by atoms with E-state index < -0.39 is 0 Å². The molecule has 3 rings (SSSR count). The molecule has 1 heterocycles. The first-order valence-electron chi connectivity index (χ1n) is 7.22. The zero-order valence-corrected chi connectivity index (χ0v) is 13.6. The molecule has 0 spiro atoms. The third-order valence-electron chi connectivity index (χ3n) is 3.67. The lowest BCUT2D eigenvalue weighted by Gasteiger charge is -2.16. The van der Waals surface area contributed by atoms with Gasteiger partial charge in [-0.1, -0.05) is 49.4 Å². The van der Waals surface area contributed by atoms with E-state index in [1.54, 1.807) is 6.26 Å². The van der Waals surface area contributed by atoms with Crippen LogP contribution in [0.2, 0.25) is 0 Å². The number of hydrogen-bond donors (Lipinski definition) is 1. The van der Waals surface area contributed by atoms with Crippen molar-refractivity contribution in [2.24, 2.45) is 0 Å². The number of fused-ring (bicyclic) bond motifs is 1. The van der Waals surface area contributed by atoms with Crippen LogP contribution in [0, 0.1) is 0 Å². The summed E-state index contributed by atoms with van der Waals surface area (Å²) in [5.41, 5.74) is 1.31. The third-order valence-corrected chi connectivity index (χ3v) is 4.32. The topological polar surface area (TPSA) is 25.2 Å². The van der Waals surface area contributed by atoms with Gasteiger partial charge in [0.1, 0.15) is 5.76 Å². The molecule has 1 N–H and O–H groups in total. The van der Waals surface area contributed by atoms with E-state index >= 15 is 0 Å². The van der Waals surface area contributed by atoms with Crippen molar-refractivity contribution in [3.05, 3.63) is 70.6 Å². The van der Waals surface area contributed by atoms with Gasteiger partial charge >= 0.3 is 0 Å². The molecule has 108 valence electrons. The third kappa shape index (κ3) is 3.20. The number of halogens is 1. The minimum Gasteiger partial charge on any atom is -0.466 e. The number of furan rings is 1. The number of benzene rings is 2. The van der Waals surface area contributed by atoms with Crippen LogP contribution in [0.25, 0.3) is 10.8 Å². The van der Waals surface area contributed by atoms with Gasteiger partial charge in [-0.25, -0.2) is 0 Å². The Morgan fingerprint density at radius 3 is 2.62 bits per heavy atom. The normalized spacial score (nSPS) is 12.7. The van der Waals surface area contributed by atoms with E-state index in [1.807, 2.05) is 6.07 Å². The Labute approximate surface area is 133 Å². The molecular weight excluding hydrogens is 326 g/mol. The Balaban J connectivity index is 1.89. The van der Waals surface area contributed by atoms with Crippen LogP contribution in [0.5, 0.6) is 0 Å². The fraction of sp³-hybridized carbons (Fsp3) is 0.222. The van der Waals surface area contributed by atoms with Crippen molar-refractivity contribution in [2.45, 2.75) is 19.4 Å². The van der Waals surface area contributed by atoms with E-state index in [2.05, 4.69) is 70.6 Å². The molecule has 0 aliphatic heterocycles. The second-order valence-electron chi connectivity index (χ2n) is 5.13. The summed E-state index contributed by atoms with van der Waals surface area (Å²) in [6.07, 6.45) is 2.63. The van der Waals surface area contributed by atoms with Crippen molar-refractivity contribution in [3.63, 3.8) is 0 Å². The van der Waals surface area contributed by atoms with Crippen LogP contribution in [-0.2, 0) is 6.42 Å². The Bertz CT molecular complexity index is 735. The number of rotatable bonds is 5. The molecule has 1 atom stereocenters. The van der Waals surface area contributed by atoms with Gasteiger partial charge in [-0.3, -0.25) is 0 Å². The van der Waals surface area contributed by atoms with Crippen molar-refractivity contribution in [1.82, 2.24) is 5.32 Å². The largest absolute Gasteiger partial charge is 0.466 e. The monoisotopic (exact) mass is 343 g/mol. The van der Waals surface area contributed by atoms with E-state index in [4.69, 9.17) is 4.42 Å². The minimum atomic E-state index is 0.181. The summed E-state index contributed by atoms with van der Waals surface area (Å²) in [5.74, 6) is 0.963. The predicted molar refractivity (Wildman–Crippen MR) is 90.5 cm³/mol. The molecule has 2 aromatic carbocycles. The predicted octanol–water partition coefficient (Wildman–Crippen LogP) is 5.09. The van der Waals surface area contributed by atoms with Gasteiger partial charge in [-0.15, -0.1) is 0 Å². The summed E-state index contributed by atoms with van der Waals surface area (Å²) in [5, 5.41) is 6.06. The van der Waals surface area contributed by atoms with Crippen LogP contribution >= 0.6 is 15.9 Å². The van der Waals surface area contributed by atoms with Gasteiger partial charge < -0.3 is 9.73 Å². The van der Waals surface area contributed by atoms with Crippen molar-refractivity contribution < 1.29 is 4.42 Å². The fourth-order valence-electron chi connectivity index (χ4n) is 2.66. The molecule has 0 fully saturated rings. The summed E-state index contributed by atoms with van der Waals surface area (Å²) in [6.45, 7) is 3.02. The van der Waals surface area contributed by atoms with Crippen molar-refractivity contribution >= 4 is 26.7 Å². The first kappa shape index (κ1) is 14.4. The lowest BCUT2D eigenvalue weighted by atomic mass is 10.0. The van der Waals surface area contributed by atoms with Gasteiger partial charge in [0.2, 0.25) is 0 Å². The lowest BCUT2D eigenvalue weighted by Crippen LogP contribution is -2.22. The quantitative estimate of drug-likeness (QED) is 0.698. The van der Waals surface area contributed by atoms with Crippen LogP contribution in [0.4, 0.5) is 0 Å². The van der Waals surface area contributed by atoms with Crippen LogP contribution in [-0.4, -0.2) is 6.54 Å². The van der Waals surface area contributed by atoms with E-state index in [9.17, 15) is 0 Å². The van der Waals surface area contributed by atoms with E-state index in [0.29, 0.717) is 0 Å². The average Bonchev–Trinajstić information content (AvgIpc) is 2.93. The van der Waals surface area contributed by atoms with Crippen LogP contribution in [0.1, 0.15) is 24.3 Å². The van der Waals surface area contributed by atoms with E-state index in [-0.39, 0.29) is 6.04 Å². The summed E-state index contributed by atoms with van der Waals surface area (Å²) in [6, 6.07) is 17.2. The molecule has 2 nitrogen and oxygen atoms in total. The van der Waals surface area contributed by atoms with Gasteiger partial charge in [0.05, 0.1) is 16.8 Å². The maximum atomic E-state index is 5.63. The highest BCUT2D eigenvalue weighted by Crippen LogP contribution is 2.28. The van der Waals surface area contributed by atoms with E-state index in [1.165, 1.54) is 16.3 Å². The van der Waals surface area contributed by atoms with E-state index in [0.717, 1.165) is 23.2 Å². The maximum Gasteiger partial charge on any atom is 0.135 e. The molecule has 21 heavy (non-hydrogen) atoms. The minimum absolute atomic E-state index is 0.181. The summed E-state index contributed by atoms with van der Waals surface area (Å²) < 4.78 is 6.65. The molecule has 0 aliphatic rings. The van der Waals surface area contributed by atoms with Crippen molar-refractivity contribution in [2.75, 3.05) is 6.54 Å². The molecule has 3 aromatic rings. The molecule has 0 aliphatic carbocycles. The van der Waals surface area contributed by atoms with Crippen molar-refractivity contribution in [3.8, 4) is 0 Å². The van der Waals surface area contributed by atoms with Gasteiger partial charge in [-0.2, -0.15) is 0 Å². The highest BCUT2D eigenvalue weighted by molar-refractivity contribution is 9.10. The Morgan fingerprint density at radius 2 is 1.90 bits per heavy atom. The van der Waals surface area contributed by atoms with Crippen LogP contribution in [0.3, 0.4) is 0 Å². The highest BCUT2D eigenvalue weighted by atomic mass is 79.9. The molecule has 0 radical (unpaired) electrons. The van der Waals surface area contributed by atoms with Crippen LogP contribution < -0.4 is 5.32 Å². The zero-order chi connectivity index (χ0) is 14.7. The number of likely N-dealkylation sites (N-methyl/N-ethyl adjacent to an activating group) is 1. The molecule has 0 amide bonds. The lowest BCUT2D eigenvalue weighted by molar-refractivity contribution is 0.414. The second kappa shape index (κ2) is 6.46. The number of nitrogens with one attached hydrogen (secondary N) is 1. The Hall–Kier alpha value is -1.58. The number of hydrogen-bond acceptors (Lipinski definition) is 2. The van der Waals surface area contributed by atoms with Gasteiger partial charge in [0.25, 0.3) is 0 Å². The molecule has 1 aromatic heterocycles. The smallest absolute Gasteiger partial charge is 0.135 e. The highest BCUT2D eigenvalue weighted by Gasteiger charge is 2.17. The molecular formula is C18H18BrNO. The molecule has 0 saturated carbocycles. The second-order valence-corrected chi connectivity index (χ2v) is 5.98. The fourth-order valence-corrected chi connectivity index (χ4v) is 3.14. The Kier molecular flexibility index (Phi) is 4.42. The standard InChI is InChI=1S/C18H18BrNO/c1-2-20-17(18-16(19)9-10-21-18)12-13-7-8-14-5-3-4-6-15(14)11-13/h3-11,17,20H,2,12H2,1H3. The van der Waals surface area contributed by atoms with Gasteiger partial charge in [-0.05, 0) is 51.3 Å². The summed E-state index contributed by atoms with van der Waals surface area (Å²) in [4.78, 5) is 0. The summed E-state index contributed by atoms with van der Waals surface area (Å²) >= 11 is 3.56. The first-order chi connectivity index (χ1) is 10.3.